The van der Waals surface area contributed by atoms with Gasteiger partial charge in [0.1, 0.15) is 0 Å². The fourth-order valence-corrected chi connectivity index (χ4v) is 7.99. The molecule has 0 atom stereocenters. The van der Waals surface area contributed by atoms with Crippen LogP contribution < -0.4 is 277 Å². The molecule has 8 bridgehead atoms. The minimum atomic E-state index is -1.93. The molecular weight excluding hydrogens is 1020 g/mol. The molecule has 20 nitrogen and oxygen atoms in total. The summed E-state index contributed by atoms with van der Waals surface area (Å²) < 4.78 is 0. The monoisotopic (exact) mass is 1040 g/mol. The Kier molecular flexibility index (Phi) is 25.2. The van der Waals surface area contributed by atoms with Crippen LogP contribution in [0.3, 0.4) is 0 Å². The first-order valence-corrected chi connectivity index (χ1v) is 18.1. The molecule has 7 aromatic rings. The van der Waals surface area contributed by atoms with Gasteiger partial charge in [-0.25, -0.2) is 9.97 Å². The Balaban J connectivity index is 0.00000324. The van der Waals surface area contributed by atoms with Gasteiger partial charge in [-0.2, -0.15) is 0 Å². The van der Waals surface area contributed by atoms with Crippen molar-refractivity contribution in [1.82, 2.24) is 19.9 Å². The van der Waals surface area contributed by atoms with Crippen LogP contribution in [0.4, 0.5) is 0 Å². The number of carboxylic acids is 8. The van der Waals surface area contributed by atoms with Crippen LogP contribution in [-0.4, -0.2) is 67.7 Å². The van der Waals surface area contributed by atoms with E-state index in [4.69, 9.17) is 0 Å². The second-order valence-electron chi connectivity index (χ2n) is 14.3. The molecule has 5 heterocycles. The van der Waals surface area contributed by atoms with E-state index in [9.17, 15) is 79.2 Å². The zero-order valence-electron chi connectivity index (χ0n) is 39.4. The molecule has 28 heteroatoms. The van der Waals surface area contributed by atoms with Crippen molar-refractivity contribution >= 4 is 91.4 Å². The maximum atomic E-state index is 12.2. The van der Waals surface area contributed by atoms with Gasteiger partial charge in [0.25, 0.3) is 0 Å². The van der Waals surface area contributed by atoms with E-state index in [2.05, 4.69) is 19.9 Å². The number of hydrogen-bond acceptors (Lipinski definition) is 18. The average Bonchev–Trinajstić information content (AvgIpc) is 3.96. The number of H-pyrrole nitrogens is 2. The quantitative estimate of drug-likeness (QED) is 0.133. The number of benzene rings is 4. The van der Waals surface area contributed by atoms with Gasteiger partial charge in [-0.15, -0.1) is 0 Å². The minimum absolute atomic E-state index is 0. The minimum Gasteiger partial charge on any atom is -0.545 e. The fraction of sp³-hybridized carbons (Fsp3) is 0. The number of aromatic carboxylic acids is 8. The molecule has 314 valence electrons. The molecule has 0 fully saturated rings. The van der Waals surface area contributed by atoms with E-state index in [0.717, 1.165) is 48.5 Å². The van der Waals surface area contributed by atoms with Gasteiger partial charge >= 0.3 is 236 Å². The van der Waals surface area contributed by atoms with Gasteiger partial charge in [0, 0.05) is 110 Å². The summed E-state index contributed by atoms with van der Waals surface area (Å²) in [6.07, 6.45) is 0. The summed E-state index contributed by atoms with van der Waals surface area (Å²) >= 11 is 0. The number of aromatic amines is 2. The maximum absolute atomic E-state index is 12.2. The zero-order valence-corrected chi connectivity index (χ0v) is 55.4. The first-order chi connectivity index (χ1) is 30.3. The summed E-state index contributed by atoms with van der Waals surface area (Å²) in [5.74, 6) is -15.4. The van der Waals surface area contributed by atoms with Crippen molar-refractivity contribution < 1.29 is 316 Å². The summed E-state index contributed by atoms with van der Waals surface area (Å²) in [7, 11) is 0. The molecule has 0 aliphatic carbocycles. The number of nitrogens with zero attached hydrogens (tertiary/aromatic N) is 2. The second-order valence-corrected chi connectivity index (χ2v) is 14.3. The molecule has 0 amide bonds. The van der Waals surface area contributed by atoms with Crippen LogP contribution in [0.25, 0.3) is 88.6 Å². The van der Waals surface area contributed by atoms with Gasteiger partial charge in [-0.1, -0.05) is 0 Å². The Morgan fingerprint density at radius 2 is 0.417 bits per heavy atom. The van der Waals surface area contributed by atoms with Crippen LogP contribution >= 0.6 is 0 Å². The van der Waals surface area contributed by atoms with Crippen LogP contribution in [0.2, 0.25) is 0 Å². The summed E-state index contributed by atoms with van der Waals surface area (Å²) in [6, 6.07) is 12.4. The predicted molar refractivity (Wildman–Crippen MR) is 200 cm³/mol. The van der Waals surface area contributed by atoms with Gasteiger partial charge in [0.05, 0.1) is 70.5 Å². The van der Waals surface area contributed by atoms with E-state index < -0.39 is 92.3 Å². The maximum Gasteiger partial charge on any atom is 1.00 e. The van der Waals surface area contributed by atoms with E-state index in [1.54, 1.807) is 0 Å². The smallest absolute Gasteiger partial charge is 0.545 e. The van der Waals surface area contributed by atoms with Gasteiger partial charge in [0.2, 0.25) is 0 Å². The molecule has 2 aliphatic heterocycles. The molecule has 2 N–H and O–H groups in total. The molecule has 0 saturated heterocycles. The van der Waals surface area contributed by atoms with Crippen LogP contribution in [0.5, 0.6) is 0 Å². The standard InChI is InChI=1S/C44H22N4O16.8Na/c49-37(50)21-1-13-14(2-22(21)38(51)52)30-10-32-17-5-25(41(57)58)26(42(59)60)6-18(17)34(47-32)12-36-20-8-28(44(63)64)27(43(61)62)7-19(20)35(48-36)11-33-16-4-24(40(55)56)23(39(53)54)3-15(16)31(46-33)9-29(13)45-30;;;;;;;;/h1-12,45,48H,(H,49,50)(H,51,52)(H,53,54)(H,55,56)(H,57,58)(H,59,60)(H,61,62)(H,63,64);;;;;;;;/q;8*+1/p-8. The normalized spacial score (nSPS) is 10.2. The topological polar surface area (TPSA) is 378 Å². The van der Waals surface area contributed by atoms with E-state index in [0.29, 0.717) is 0 Å². The Labute approximate surface area is 579 Å². The molecule has 9 rings (SSSR count). The summed E-state index contributed by atoms with van der Waals surface area (Å²) in [5, 5.41) is 97.8. The molecule has 4 aromatic carbocycles. The number of rotatable bonds is 8. The fourth-order valence-electron chi connectivity index (χ4n) is 7.99. The third kappa shape index (κ3) is 12.3. The summed E-state index contributed by atoms with van der Waals surface area (Å²) in [5.41, 5.74) is -7.56. The van der Waals surface area contributed by atoms with Crippen LogP contribution in [0.1, 0.15) is 82.9 Å². The summed E-state index contributed by atoms with van der Waals surface area (Å²) in [4.78, 5) is 113. The third-order valence-corrected chi connectivity index (χ3v) is 10.8. The number of aromatic nitrogens is 4. The van der Waals surface area contributed by atoms with Crippen molar-refractivity contribution in [2.24, 2.45) is 0 Å². The van der Waals surface area contributed by atoms with Gasteiger partial charge in [-0.05, 0) is 72.8 Å². The van der Waals surface area contributed by atoms with Crippen LogP contribution in [0, 0.1) is 0 Å². The van der Waals surface area contributed by atoms with Crippen molar-refractivity contribution in [2.75, 3.05) is 0 Å². The molecule has 0 unspecified atom stereocenters. The first-order valence-electron chi connectivity index (χ1n) is 18.1. The Hall–Kier alpha value is -1.72. The van der Waals surface area contributed by atoms with E-state index in [1.807, 2.05) is 0 Å². The predicted octanol–water partition coefficient (Wildman–Crippen LogP) is -27.8. The average molecular weight is 1040 g/mol. The van der Waals surface area contributed by atoms with Crippen LogP contribution in [-0.2, 0) is 0 Å². The number of nitrogens with one attached hydrogen (secondary N) is 2. The molecule has 3 aromatic heterocycles. The largest absolute Gasteiger partial charge is 1.00 e. The number of fused-ring (bicyclic) bond motifs is 20. The number of carboxylic acid groups (broad SMARTS) is 8. The van der Waals surface area contributed by atoms with Crippen molar-refractivity contribution in [3.05, 3.63) is 117 Å². The van der Waals surface area contributed by atoms with Gasteiger partial charge in [-0.3, -0.25) is 0 Å². The molecule has 0 saturated carbocycles. The zero-order chi connectivity index (χ0) is 45.8. The molecule has 0 spiro atoms. The Bertz CT molecular complexity index is 3230. The van der Waals surface area contributed by atoms with Crippen molar-refractivity contribution in [3.8, 4) is 45.0 Å². The van der Waals surface area contributed by atoms with E-state index in [1.165, 1.54) is 24.3 Å². The molecule has 72 heavy (non-hydrogen) atoms. The Morgan fingerprint density at radius 1 is 0.264 bits per heavy atom. The first kappa shape index (κ1) is 68.3. The van der Waals surface area contributed by atoms with E-state index >= 15 is 0 Å². The third-order valence-electron chi connectivity index (χ3n) is 10.8. The van der Waals surface area contributed by atoms with Crippen LogP contribution in [0.15, 0.2) is 72.8 Å². The number of hydrogen-bond donors (Lipinski definition) is 2. The Morgan fingerprint density at radius 3 is 0.569 bits per heavy atom. The number of carbonyl (C=O) groups is 8. The SMILES string of the molecule is O=C([O-])c1cc2c(cc1C(=O)[O-])-c1cc3[nH]c(cc4nc(cc5[nH]c(cc-2n1)c1cc(C(=O)[O-])c(C(=O)[O-])cc51)-c1cc(C(=O)[O-])c(C(=O)[O-])cc1-4)c1cc(C(=O)[O-])c(C(=O)[O-])cc31.[Na+].[Na+].[Na+].[Na+].[Na+].[Na+].[Na+].[Na+]. The summed E-state index contributed by atoms with van der Waals surface area (Å²) in [6.45, 7) is 0. The van der Waals surface area contributed by atoms with Gasteiger partial charge in [0.15, 0.2) is 0 Å². The number of carbonyl (C=O) groups excluding carboxylic acids is 8. The van der Waals surface area contributed by atoms with E-state index in [-0.39, 0.29) is 325 Å². The van der Waals surface area contributed by atoms with Crippen molar-refractivity contribution in [2.45, 2.75) is 0 Å². The molecule has 0 radical (unpaired) electrons. The van der Waals surface area contributed by atoms with Gasteiger partial charge < -0.3 is 89.2 Å². The van der Waals surface area contributed by atoms with Crippen molar-refractivity contribution in [1.29, 1.82) is 0 Å². The molecule has 2 aliphatic rings. The van der Waals surface area contributed by atoms with Crippen molar-refractivity contribution in [3.63, 3.8) is 0 Å². The second kappa shape index (κ2) is 26.6. The molecular formula is C44H14N4Na8O16.